The highest BCUT2D eigenvalue weighted by molar-refractivity contribution is 7.12. The molecule has 2 aromatic rings. The molecule has 1 heterocycles. The Bertz CT molecular complexity index is 632. The first-order valence-corrected chi connectivity index (χ1v) is 7.88. The number of ketones is 1. The van der Waals surface area contributed by atoms with Gasteiger partial charge >= 0.3 is 0 Å². The lowest BCUT2D eigenvalue weighted by molar-refractivity contribution is -0.116. The predicted octanol–water partition coefficient (Wildman–Crippen LogP) is 4.36. The number of rotatable bonds is 6. The maximum Gasteiger partial charge on any atom is 0.224 e. The maximum atomic E-state index is 11.9. The summed E-state index contributed by atoms with van der Waals surface area (Å²) in [5, 5.41) is 4.79. The second-order valence-electron chi connectivity index (χ2n) is 5.12. The Morgan fingerprint density at radius 1 is 1.14 bits per heavy atom. The van der Waals surface area contributed by atoms with Crippen molar-refractivity contribution in [3.05, 3.63) is 51.7 Å². The average Bonchev–Trinajstić information content (AvgIpc) is 2.96. The van der Waals surface area contributed by atoms with Crippen LogP contribution in [0.5, 0.6) is 0 Å². The molecule has 0 fully saturated rings. The average molecular weight is 301 g/mol. The van der Waals surface area contributed by atoms with Crippen LogP contribution in [0.1, 0.15) is 40.1 Å². The van der Waals surface area contributed by atoms with Gasteiger partial charge in [0.2, 0.25) is 5.91 Å². The Morgan fingerprint density at radius 2 is 1.95 bits per heavy atom. The molecule has 3 nitrogen and oxygen atoms in total. The zero-order valence-electron chi connectivity index (χ0n) is 12.3. The van der Waals surface area contributed by atoms with E-state index in [1.165, 1.54) is 16.9 Å². The summed E-state index contributed by atoms with van der Waals surface area (Å²) in [7, 11) is 0. The largest absolute Gasteiger partial charge is 0.326 e. The van der Waals surface area contributed by atoms with Crippen molar-refractivity contribution in [3.8, 4) is 0 Å². The van der Waals surface area contributed by atoms with Gasteiger partial charge in [-0.25, -0.2) is 0 Å². The van der Waals surface area contributed by atoms with Crippen LogP contribution in [-0.2, 0) is 4.79 Å². The second-order valence-corrected chi connectivity index (χ2v) is 6.07. The van der Waals surface area contributed by atoms with Crippen LogP contribution in [0.3, 0.4) is 0 Å². The number of thiophene rings is 1. The molecular formula is C17H19NO2S. The summed E-state index contributed by atoms with van der Waals surface area (Å²) in [6.45, 7) is 4.00. The van der Waals surface area contributed by atoms with Crippen LogP contribution in [-0.4, -0.2) is 11.7 Å². The summed E-state index contributed by atoms with van der Waals surface area (Å²) in [6, 6.07) is 9.62. The van der Waals surface area contributed by atoms with Crippen LogP contribution in [0.4, 0.5) is 5.69 Å². The minimum atomic E-state index is -0.0408. The Hall–Kier alpha value is -1.94. The Kier molecular flexibility index (Phi) is 5.28. The Labute approximate surface area is 129 Å². The minimum absolute atomic E-state index is 0.0408. The zero-order chi connectivity index (χ0) is 15.2. The number of aryl methyl sites for hydroxylation is 2. The van der Waals surface area contributed by atoms with Crippen LogP contribution < -0.4 is 5.32 Å². The van der Waals surface area contributed by atoms with Crippen molar-refractivity contribution in [3.63, 3.8) is 0 Å². The summed E-state index contributed by atoms with van der Waals surface area (Å²) in [5.74, 6) is 0.0743. The molecule has 4 heteroatoms. The number of anilines is 1. The van der Waals surface area contributed by atoms with Gasteiger partial charge in [0.15, 0.2) is 5.78 Å². The molecule has 21 heavy (non-hydrogen) atoms. The van der Waals surface area contributed by atoms with E-state index in [1.54, 1.807) is 0 Å². The van der Waals surface area contributed by atoms with Gasteiger partial charge in [0.05, 0.1) is 4.88 Å². The predicted molar refractivity (Wildman–Crippen MR) is 87.0 cm³/mol. The lowest BCUT2D eigenvalue weighted by Gasteiger charge is -2.08. The van der Waals surface area contributed by atoms with Crippen molar-refractivity contribution in [2.45, 2.75) is 33.1 Å². The van der Waals surface area contributed by atoms with E-state index in [2.05, 4.69) is 5.32 Å². The zero-order valence-corrected chi connectivity index (χ0v) is 13.1. The van der Waals surface area contributed by atoms with Gasteiger partial charge in [-0.3, -0.25) is 9.59 Å². The normalized spacial score (nSPS) is 10.4. The molecule has 0 aliphatic rings. The fourth-order valence-electron chi connectivity index (χ4n) is 2.14. The minimum Gasteiger partial charge on any atom is -0.326 e. The number of hydrogen-bond acceptors (Lipinski definition) is 3. The lowest BCUT2D eigenvalue weighted by atomic mass is 10.1. The van der Waals surface area contributed by atoms with E-state index in [0.717, 1.165) is 16.1 Å². The summed E-state index contributed by atoms with van der Waals surface area (Å²) in [6.07, 6.45) is 1.36. The van der Waals surface area contributed by atoms with Crippen LogP contribution >= 0.6 is 11.3 Å². The molecule has 0 saturated carbocycles. The number of amides is 1. The molecule has 1 N–H and O–H groups in total. The summed E-state index contributed by atoms with van der Waals surface area (Å²) in [4.78, 5) is 24.5. The highest BCUT2D eigenvalue weighted by Gasteiger charge is 2.09. The quantitative estimate of drug-likeness (QED) is 0.806. The van der Waals surface area contributed by atoms with Crippen LogP contribution in [0.15, 0.2) is 35.7 Å². The van der Waals surface area contributed by atoms with Gasteiger partial charge in [0.1, 0.15) is 0 Å². The maximum absolute atomic E-state index is 11.9. The molecular weight excluding hydrogens is 282 g/mol. The first kappa shape index (κ1) is 15.4. The molecule has 0 unspecified atom stereocenters. The number of Topliss-reactive ketones (excluding diaryl/α,β-unsaturated/α-hetero) is 1. The molecule has 0 aliphatic heterocycles. The van der Waals surface area contributed by atoms with E-state index in [4.69, 9.17) is 0 Å². The van der Waals surface area contributed by atoms with Gasteiger partial charge in [-0.2, -0.15) is 0 Å². The molecule has 0 aliphatic carbocycles. The monoisotopic (exact) mass is 301 g/mol. The smallest absolute Gasteiger partial charge is 0.224 e. The van der Waals surface area contributed by atoms with Crippen LogP contribution in [0.2, 0.25) is 0 Å². The fraction of sp³-hybridized carbons (Fsp3) is 0.294. The fourth-order valence-corrected chi connectivity index (χ4v) is 2.83. The summed E-state index contributed by atoms with van der Waals surface area (Å²) < 4.78 is 0. The number of hydrogen-bond donors (Lipinski definition) is 1. The number of carbonyl (C=O) groups excluding carboxylic acids is 2. The molecule has 1 aromatic heterocycles. The number of carbonyl (C=O) groups is 2. The van der Waals surface area contributed by atoms with Crippen molar-refractivity contribution in [2.24, 2.45) is 0 Å². The van der Waals surface area contributed by atoms with Gasteiger partial charge in [-0.05, 0) is 43.3 Å². The van der Waals surface area contributed by atoms with Crippen molar-refractivity contribution in [1.82, 2.24) is 0 Å². The van der Waals surface area contributed by atoms with Crippen LogP contribution in [0, 0.1) is 13.8 Å². The molecule has 0 atom stereocenters. The van der Waals surface area contributed by atoms with Crippen molar-refractivity contribution in [2.75, 3.05) is 5.32 Å². The van der Waals surface area contributed by atoms with E-state index in [0.29, 0.717) is 19.3 Å². The number of benzene rings is 1. The summed E-state index contributed by atoms with van der Waals surface area (Å²) >= 11 is 1.45. The molecule has 0 radical (unpaired) electrons. The molecule has 0 saturated heterocycles. The van der Waals surface area contributed by atoms with E-state index < -0.39 is 0 Å². The SMILES string of the molecule is Cc1ccc(NC(=O)CCCC(=O)c2cccs2)c(C)c1. The first-order chi connectivity index (χ1) is 10.1. The third-order valence-corrected chi connectivity index (χ3v) is 4.17. The van der Waals surface area contributed by atoms with Gasteiger partial charge in [-0.1, -0.05) is 23.8 Å². The molecule has 2 rings (SSSR count). The lowest BCUT2D eigenvalue weighted by Crippen LogP contribution is -2.12. The van der Waals surface area contributed by atoms with Gasteiger partial charge in [-0.15, -0.1) is 11.3 Å². The third kappa shape index (κ3) is 4.53. The Balaban J connectivity index is 1.78. The van der Waals surface area contributed by atoms with Crippen molar-refractivity contribution in [1.29, 1.82) is 0 Å². The number of nitrogens with one attached hydrogen (secondary N) is 1. The molecule has 0 bridgehead atoms. The van der Waals surface area contributed by atoms with Gasteiger partial charge < -0.3 is 5.32 Å². The Morgan fingerprint density at radius 3 is 2.62 bits per heavy atom. The highest BCUT2D eigenvalue weighted by Crippen LogP contribution is 2.17. The van der Waals surface area contributed by atoms with Gasteiger partial charge in [0, 0.05) is 18.5 Å². The van der Waals surface area contributed by atoms with Gasteiger partial charge in [0.25, 0.3) is 0 Å². The van der Waals surface area contributed by atoms with E-state index >= 15 is 0 Å². The van der Waals surface area contributed by atoms with Crippen molar-refractivity contribution < 1.29 is 9.59 Å². The first-order valence-electron chi connectivity index (χ1n) is 7.00. The summed E-state index contributed by atoms with van der Waals surface area (Å²) in [5.41, 5.74) is 3.07. The molecule has 0 spiro atoms. The highest BCUT2D eigenvalue weighted by atomic mass is 32.1. The van der Waals surface area contributed by atoms with E-state index in [-0.39, 0.29) is 11.7 Å². The molecule has 1 amide bonds. The van der Waals surface area contributed by atoms with E-state index in [1.807, 2.05) is 49.6 Å². The van der Waals surface area contributed by atoms with E-state index in [9.17, 15) is 9.59 Å². The molecule has 1 aromatic carbocycles. The topological polar surface area (TPSA) is 46.2 Å². The second kappa shape index (κ2) is 7.18. The standard InChI is InChI=1S/C17H19NO2S/c1-12-8-9-14(13(2)11-12)18-17(20)7-3-5-15(19)16-6-4-10-21-16/h4,6,8-11H,3,5,7H2,1-2H3,(H,18,20). The van der Waals surface area contributed by atoms with Crippen LogP contribution in [0.25, 0.3) is 0 Å². The third-order valence-electron chi connectivity index (χ3n) is 3.26. The molecule has 110 valence electrons. The van der Waals surface area contributed by atoms with Crippen molar-refractivity contribution >= 4 is 28.7 Å².